The number of ether oxygens (including phenoxy) is 1. The van der Waals surface area contributed by atoms with Gasteiger partial charge in [-0.3, -0.25) is 0 Å². The Kier molecular flexibility index (Phi) is 7.51. The van der Waals surface area contributed by atoms with Crippen LogP contribution >= 0.6 is 0 Å². The molecule has 0 saturated heterocycles. The Hall–Kier alpha value is -1.31. The van der Waals surface area contributed by atoms with Crippen LogP contribution in [0.4, 0.5) is 0 Å². The smallest absolute Gasteiger partial charge is 0.217 e. The van der Waals surface area contributed by atoms with E-state index >= 15 is 0 Å². The van der Waals surface area contributed by atoms with Gasteiger partial charge in [0.05, 0.1) is 6.10 Å². The maximum Gasteiger partial charge on any atom is 0.217 e. The Bertz CT molecular complexity index is 536. The van der Waals surface area contributed by atoms with E-state index in [2.05, 4.69) is 81.4 Å². The third-order valence-electron chi connectivity index (χ3n) is 4.07. The first-order chi connectivity index (χ1) is 11.0. The number of hydrogen-bond acceptors (Lipinski definition) is 2. The van der Waals surface area contributed by atoms with Gasteiger partial charge in [0.1, 0.15) is 0 Å². The van der Waals surface area contributed by atoms with E-state index in [0.29, 0.717) is 17.8 Å². The number of nitrogens with zero attached hydrogens (tertiary/aromatic N) is 1. The fraction of sp³-hybridized carbons (Fsp3) is 0.682. The molecule has 0 heterocycles. The van der Waals surface area contributed by atoms with Crippen molar-refractivity contribution in [3.63, 3.8) is 0 Å². The molecule has 0 spiro atoms. The van der Waals surface area contributed by atoms with E-state index < -0.39 is 0 Å². The van der Waals surface area contributed by atoms with Crippen molar-refractivity contribution in [1.82, 2.24) is 0 Å². The van der Waals surface area contributed by atoms with E-state index in [9.17, 15) is 0 Å². The molecule has 0 aliphatic heterocycles. The van der Waals surface area contributed by atoms with Crippen LogP contribution in [0.2, 0.25) is 0 Å². The first kappa shape index (κ1) is 20.7. The standard InChI is InChI=1S/C22H37NO/c1-13(2)18-11-19(14(3)4)21(20(12-18)15(5)6)22(23-16(7)8)24-17(9)10/h11-17H,1-10H3/b23-22-. The first-order valence-electron chi connectivity index (χ1n) is 9.47. The molecule has 1 aromatic rings. The van der Waals surface area contributed by atoms with Gasteiger partial charge < -0.3 is 4.74 Å². The summed E-state index contributed by atoms with van der Waals surface area (Å²) < 4.78 is 6.18. The lowest BCUT2D eigenvalue weighted by Crippen LogP contribution is -2.20. The molecule has 136 valence electrons. The van der Waals surface area contributed by atoms with Crippen LogP contribution in [0.5, 0.6) is 0 Å². The summed E-state index contributed by atoms with van der Waals surface area (Å²) in [5.74, 6) is 2.20. The molecule has 0 fully saturated rings. The minimum Gasteiger partial charge on any atom is -0.475 e. The number of benzene rings is 1. The van der Waals surface area contributed by atoms with Gasteiger partial charge in [-0.1, -0.05) is 53.7 Å². The number of rotatable bonds is 6. The summed E-state index contributed by atoms with van der Waals surface area (Å²) >= 11 is 0. The molecule has 1 rings (SSSR count). The van der Waals surface area contributed by atoms with Crippen molar-refractivity contribution in [1.29, 1.82) is 0 Å². The van der Waals surface area contributed by atoms with Gasteiger partial charge >= 0.3 is 0 Å². The second-order valence-electron chi connectivity index (χ2n) is 8.23. The van der Waals surface area contributed by atoms with E-state index in [4.69, 9.17) is 9.73 Å². The van der Waals surface area contributed by atoms with Gasteiger partial charge in [0.2, 0.25) is 5.90 Å². The van der Waals surface area contributed by atoms with Crippen LogP contribution in [-0.2, 0) is 4.74 Å². The predicted octanol–water partition coefficient (Wildman–Crippen LogP) is 6.64. The van der Waals surface area contributed by atoms with Gasteiger partial charge in [-0.15, -0.1) is 0 Å². The highest BCUT2D eigenvalue weighted by atomic mass is 16.5. The van der Waals surface area contributed by atoms with Crippen LogP contribution in [0.15, 0.2) is 17.1 Å². The molecule has 0 unspecified atom stereocenters. The van der Waals surface area contributed by atoms with E-state index in [0.717, 1.165) is 5.90 Å². The molecule has 0 aliphatic rings. The van der Waals surface area contributed by atoms with Crippen LogP contribution in [0, 0.1) is 0 Å². The second-order valence-corrected chi connectivity index (χ2v) is 8.23. The molecule has 24 heavy (non-hydrogen) atoms. The number of hydrogen-bond donors (Lipinski definition) is 0. The van der Waals surface area contributed by atoms with Gasteiger partial charge in [-0.05, 0) is 62.1 Å². The molecule has 0 amide bonds. The molecule has 0 radical (unpaired) electrons. The normalized spacial score (nSPS) is 13.0. The topological polar surface area (TPSA) is 21.6 Å². The van der Waals surface area contributed by atoms with Crippen LogP contribution in [0.1, 0.15) is 109 Å². The van der Waals surface area contributed by atoms with E-state index in [1.165, 1.54) is 22.3 Å². The van der Waals surface area contributed by atoms with Crippen LogP contribution in [0.3, 0.4) is 0 Å². The van der Waals surface area contributed by atoms with Crippen LogP contribution in [0.25, 0.3) is 0 Å². The molecule has 0 N–H and O–H groups in total. The Morgan fingerprint density at radius 2 is 1.21 bits per heavy atom. The molecule has 2 nitrogen and oxygen atoms in total. The van der Waals surface area contributed by atoms with Crippen molar-refractivity contribution < 1.29 is 4.74 Å². The quantitative estimate of drug-likeness (QED) is 0.423. The van der Waals surface area contributed by atoms with Crippen molar-refractivity contribution in [3.8, 4) is 0 Å². The van der Waals surface area contributed by atoms with Gasteiger partial charge in [0.25, 0.3) is 0 Å². The summed E-state index contributed by atoms with van der Waals surface area (Å²) in [6.07, 6.45) is 0.118. The lowest BCUT2D eigenvalue weighted by Gasteiger charge is -2.25. The molecule has 1 aromatic carbocycles. The third kappa shape index (κ3) is 5.36. The Morgan fingerprint density at radius 3 is 1.50 bits per heavy atom. The van der Waals surface area contributed by atoms with Gasteiger partial charge in [0.15, 0.2) is 0 Å². The van der Waals surface area contributed by atoms with E-state index in [1.807, 2.05) is 0 Å². The second kappa shape index (κ2) is 8.69. The summed E-state index contributed by atoms with van der Waals surface area (Å²) in [5, 5.41) is 0. The summed E-state index contributed by atoms with van der Waals surface area (Å²) in [6, 6.07) is 4.93. The molecule has 2 heteroatoms. The van der Waals surface area contributed by atoms with Crippen molar-refractivity contribution >= 4 is 5.90 Å². The maximum atomic E-state index is 6.18. The highest BCUT2D eigenvalue weighted by Crippen LogP contribution is 2.33. The highest BCUT2D eigenvalue weighted by Gasteiger charge is 2.23. The van der Waals surface area contributed by atoms with E-state index in [-0.39, 0.29) is 12.1 Å². The Balaban J connectivity index is 3.73. The molecule has 0 aromatic heterocycles. The van der Waals surface area contributed by atoms with Crippen LogP contribution in [-0.4, -0.2) is 18.0 Å². The Labute approximate surface area is 149 Å². The lowest BCUT2D eigenvalue weighted by molar-refractivity contribution is 0.227. The lowest BCUT2D eigenvalue weighted by atomic mass is 9.84. The zero-order valence-corrected chi connectivity index (χ0v) is 17.4. The van der Waals surface area contributed by atoms with Crippen LogP contribution < -0.4 is 0 Å². The van der Waals surface area contributed by atoms with Crippen molar-refractivity contribution in [2.75, 3.05) is 0 Å². The highest BCUT2D eigenvalue weighted by molar-refractivity contribution is 5.98. The minimum absolute atomic E-state index is 0.118. The molecule has 0 aliphatic carbocycles. The summed E-state index contributed by atoms with van der Waals surface area (Å²) in [7, 11) is 0. The molecular weight excluding hydrogens is 294 g/mol. The minimum atomic E-state index is 0.118. The average Bonchev–Trinajstić information content (AvgIpc) is 2.43. The van der Waals surface area contributed by atoms with Crippen molar-refractivity contribution in [2.45, 2.75) is 99.1 Å². The predicted molar refractivity (Wildman–Crippen MR) is 107 cm³/mol. The van der Waals surface area contributed by atoms with Gasteiger partial charge in [-0.25, -0.2) is 4.99 Å². The fourth-order valence-corrected chi connectivity index (χ4v) is 2.81. The third-order valence-corrected chi connectivity index (χ3v) is 4.07. The molecule has 0 saturated carbocycles. The van der Waals surface area contributed by atoms with Crippen molar-refractivity contribution in [3.05, 3.63) is 34.4 Å². The molecule has 0 bridgehead atoms. The fourth-order valence-electron chi connectivity index (χ4n) is 2.81. The van der Waals surface area contributed by atoms with Crippen molar-refractivity contribution in [2.24, 2.45) is 4.99 Å². The first-order valence-corrected chi connectivity index (χ1v) is 9.47. The zero-order chi connectivity index (χ0) is 18.6. The molecule has 0 atom stereocenters. The van der Waals surface area contributed by atoms with Gasteiger partial charge in [0, 0.05) is 11.6 Å². The SMILES string of the molecule is CC(C)/N=C(\OC(C)C)c1c(C(C)C)cc(C(C)C)cc1C(C)C. The molecular formula is C22H37NO. The van der Waals surface area contributed by atoms with E-state index in [1.54, 1.807) is 0 Å². The summed E-state index contributed by atoms with van der Waals surface area (Å²) in [5.41, 5.74) is 5.32. The number of aliphatic imine (C=N–C) groups is 1. The summed E-state index contributed by atoms with van der Waals surface area (Å²) in [6.45, 7) is 21.9. The zero-order valence-electron chi connectivity index (χ0n) is 17.4. The monoisotopic (exact) mass is 331 g/mol. The Morgan fingerprint density at radius 1 is 0.750 bits per heavy atom. The average molecular weight is 332 g/mol. The maximum absolute atomic E-state index is 6.18. The van der Waals surface area contributed by atoms with Gasteiger partial charge in [-0.2, -0.15) is 0 Å². The largest absolute Gasteiger partial charge is 0.475 e. The summed E-state index contributed by atoms with van der Waals surface area (Å²) in [4.78, 5) is 4.84.